The lowest BCUT2D eigenvalue weighted by Gasteiger charge is -2.26. The van der Waals surface area contributed by atoms with E-state index in [0.29, 0.717) is 11.1 Å². The second kappa shape index (κ2) is 8.52. The van der Waals surface area contributed by atoms with Gasteiger partial charge in [-0.05, 0) is 47.2 Å². The predicted octanol–water partition coefficient (Wildman–Crippen LogP) is 6.20. The van der Waals surface area contributed by atoms with Gasteiger partial charge in [0.25, 0.3) is 11.7 Å². The van der Waals surface area contributed by atoms with E-state index < -0.39 is 29.4 Å². The largest absolute Gasteiger partial charge is 0.507 e. The third kappa shape index (κ3) is 4.00. The van der Waals surface area contributed by atoms with Gasteiger partial charge in [-0.25, -0.2) is 8.78 Å². The van der Waals surface area contributed by atoms with Gasteiger partial charge in [0, 0.05) is 17.3 Å². The highest BCUT2D eigenvalue weighted by Crippen LogP contribution is 2.43. The summed E-state index contributed by atoms with van der Waals surface area (Å²) in [5.41, 5.74) is 2.39. The molecule has 1 aliphatic rings. The van der Waals surface area contributed by atoms with Crippen LogP contribution in [0.25, 0.3) is 5.76 Å². The molecule has 1 aliphatic heterocycles. The molecule has 174 valence electrons. The molecule has 1 saturated heterocycles. The SMILES string of the molecule is Cc1ccc(C(C)(C)C)cc1/C(O)=C1\C(=O)C(=O)N(c2ccc(F)c(F)c2)C1c1ccccc1. The van der Waals surface area contributed by atoms with E-state index in [1.165, 1.54) is 6.07 Å². The molecule has 1 amide bonds. The molecule has 1 fully saturated rings. The quantitative estimate of drug-likeness (QED) is 0.287. The minimum absolute atomic E-state index is 0.0223. The van der Waals surface area contributed by atoms with Gasteiger partial charge in [-0.3, -0.25) is 14.5 Å². The van der Waals surface area contributed by atoms with Crippen molar-refractivity contribution in [3.8, 4) is 0 Å². The van der Waals surface area contributed by atoms with Crippen molar-refractivity contribution in [2.45, 2.75) is 39.2 Å². The van der Waals surface area contributed by atoms with E-state index in [0.717, 1.165) is 28.2 Å². The number of amides is 1. The summed E-state index contributed by atoms with van der Waals surface area (Å²) in [5.74, 6) is -4.32. The Hall–Kier alpha value is -3.80. The Kier molecular flexibility index (Phi) is 5.86. The Bertz CT molecular complexity index is 1320. The normalized spacial score (nSPS) is 17.9. The van der Waals surface area contributed by atoms with Gasteiger partial charge in [0.2, 0.25) is 0 Å². The molecule has 0 aliphatic carbocycles. The number of aliphatic hydroxyl groups excluding tert-OH is 1. The summed E-state index contributed by atoms with van der Waals surface area (Å²) in [6.07, 6.45) is 0. The molecule has 4 nitrogen and oxygen atoms in total. The van der Waals surface area contributed by atoms with Crippen molar-refractivity contribution in [3.63, 3.8) is 0 Å². The van der Waals surface area contributed by atoms with E-state index >= 15 is 0 Å². The molecule has 0 spiro atoms. The summed E-state index contributed by atoms with van der Waals surface area (Å²) in [5, 5.41) is 11.4. The molecule has 4 rings (SSSR count). The number of aryl methyl sites for hydroxylation is 1. The van der Waals surface area contributed by atoms with Gasteiger partial charge < -0.3 is 5.11 Å². The van der Waals surface area contributed by atoms with Crippen LogP contribution < -0.4 is 4.90 Å². The van der Waals surface area contributed by atoms with Crippen molar-refractivity contribution < 1.29 is 23.5 Å². The number of benzene rings is 3. The monoisotopic (exact) mass is 461 g/mol. The number of ketones is 1. The molecule has 3 aromatic rings. The zero-order valence-corrected chi connectivity index (χ0v) is 19.4. The average molecular weight is 462 g/mol. The molecule has 0 radical (unpaired) electrons. The molecule has 34 heavy (non-hydrogen) atoms. The summed E-state index contributed by atoms with van der Waals surface area (Å²) in [7, 11) is 0. The lowest BCUT2D eigenvalue weighted by atomic mass is 9.84. The van der Waals surface area contributed by atoms with Crippen molar-refractivity contribution in [1.82, 2.24) is 0 Å². The van der Waals surface area contributed by atoms with Gasteiger partial charge in [0.05, 0.1) is 11.6 Å². The average Bonchev–Trinajstić information content (AvgIpc) is 3.06. The molecular weight excluding hydrogens is 436 g/mol. The zero-order chi connectivity index (χ0) is 24.8. The fourth-order valence-corrected chi connectivity index (χ4v) is 4.17. The Morgan fingerprint density at radius 1 is 0.912 bits per heavy atom. The fourth-order valence-electron chi connectivity index (χ4n) is 4.17. The van der Waals surface area contributed by atoms with E-state index in [4.69, 9.17) is 0 Å². The number of halogens is 2. The van der Waals surface area contributed by atoms with E-state index in [1.807, 2.05) is 45.9 Å². The highest BCUT2D eigenvalue weighted by atomic mass is 19.2. The number of aliphatic hydroxyl groups is 1. The summed E-state index contributed by atoms with van der Waals surface area (Å²) >= 11 is 0. The number of anilines is 1. The summed E-state index contributed by atoms with van der Waals surface area (Å²) in [4.78, 5) is 27.5. The predicted molar refractivity (Wildman–Crippen MR) is 127 cm³/mol. The fraction of sp³-hybridized carbons (Fsp3) is 0.214. The van der Waals surface area contributed by atoms with Crippen molar-refractivity contribution in [2.24, 2.45) is 0 Å². The smallest absolute Gasteiger partial charge is 0.300 e. The first-order valence-electron chi connectivity index (χ1n) is 10.9. The van der Waals surface area contributed by atoms with Crippen LogP contribution in [-0.2, 0) is 15.0 Å². The molecular formula is C28H25F2NO3. The first kappa shape index (κ1) is 23.4. The molecule has 0 aromatic heterocycles. The van der Waals surface area contributed by atoms with Crippen molar-refractivity contribution in [2.75, 3.05) is 4.90 Å². The highest BCUT2D eigenvalue weighted by Gasteiger charge is 2.47. The molecule has 0 saturated carbocycles. The van der Waals surface area contributed by atoms with E-state index in [1.54, 1.807) is 30.3 Å². The third-order valence-corrected chi connectivity index (χ3v) is 6.10. The van der Waals surface area contributed by atoms with Crippen LogP contribution in [0.3, 0.4) is 0 Å². The highest BCUT2D eigenvalue weighted by molar-refractivity contribution is 6.51. The van der Waals surface area contributed by atoms with Crippen LogP contribution in [0.5, 0.6) is 0 Å². The summed E-state index contributed by atoms with van der Waals surface area (Å²) < 4.78 is 27.6. The molecule has 1 N–H and O–H groups in total. The van der Waals surface area contributed by atoms with Crippen LogP contribution >= 0.6 is 0 Å². The Morgan fingerprint density at radius 2 is 1.59 bits per heavy atom. The van der Waals surface area contributed by atoms with Gasteiger partial charge in [-0.1, -0.05) is 63.2 Å². The Balaban J connectivity index is 1.98. The van der Waals surface area contributed by atoms with Crippen molar-refractivity contribution >= 4 is 23.1 Å². The van der Waals surface area contributed by atoms with Crippen molar-refractivity contribution in [1.29, 1.82) is 0 Å². The number of hydrogen-bond donors (Lipinski definition) is 1. The molecule has 0 bridgehead atoms. The molecule has 3 aromatic carbocycles. The number of Topliss-reactive ketones (excluding diaryl/α,β-unsaturated/α-hetero) is 1. The van der Waals surface area contributed by atoms with Crippen LogP contribution in [0.1, 0.15) is 49.1 Å². The van der Waals surface area contributed by atoms with Gasteiger partial charge in [0.15, 0.2) is 11.6 Å². The summed E-state index contributed by atoms with van der Waals surface area (Å²) in [6.45, 7) is 7.92. The summed E-state index contributed by atoms with van der Waals surface area (Å²) in [6, 6.07) is 16.4. The lowest BCUT2D eigenvalue weighted by Crippen LogP contribution is -2.29. The van der Waals surface area contributed by atoms with E-state index in [9.17, 15) is 23.5 Å². The van der Waals surface area contributed by atoms with E-state index in [2.05, 4.69) is 0 Å². The van der Waals surface area contributed by atoms with Gasteiger partial charge >= 0.3 is 0 Å². The number of rotatable bonds is 3. The molecule has 1 heterocycles. The topological polar surface area (TPSA) is 57.6 Å². The van der Waals surface area contributed by atoms with Gasteiger partial charge in [-0.15, -0.1) is 0 Å². The Morgan fingerprint density at radius 3 is 2.21 bits per heavy atom. The van der Waals surface area contributed by atoms with Crippen LogP contribution in [0.15, 0.2) is 72.3 Å². The van der Waals surface area contributed by atoms with Crippen LogP contribution in [0.4, 0.5) is 14.5 Å². The van der Waals surface area contributed by atoms with Crippen LogP contribution in [0.2, 0.25) is 0 Å². The van der Waals surface area contributed by atoms with Crippen LogP contribution in [-0.4, -0.2) is 16.8 Å². The second-order valence-corrected chi connectivity index (χ2v) is 9.46. The van der Waals surface area contributed by atoms with Gasteiger partial charge in [-0.2, -0.15) is 0 Å². The standard InChI is InChI=1S/C28H25F2NO3/c1-16-10-11-18(28(2,3)4)14-20(16)25(32)23-24(17-8-6-5-7-9-17)31(27(34)26(23)33)19-12-13-21(29)22(30)15-19/h5-15,24,32H,1-4H3/b25-23+. The third-order valence-electron chi connectivity index (χ3n) is 6.10. The maximum Gasteiger partial charge on any atom is 0.300 e. The number of carbonyl (C=O) groups is 2. The second-order valence-electron chi connectivity index (χ2n) is 9.46. The maximum absolute atomic E-state index is 14.1. The van der Waals surface area contributed by atoms with Crippen molar-refractivity contribution in [3.05, 3.63) is 106 Å². The minimum atomic E-state index is -1.14. The number of carbonyl (C=O) groups excluding carboxylic acids is 2. The lowest BCUT2D eigenvalue weighted by molar-refractivity contribution is -0.132. The van der Waals surface area contributed by atoms with Gasteiger partial charge in [0.1, 0.15) is 5.76 Å². The van der Waals surface area contributed by atoms with E-state index in [-0.39, 0.29) is 22.4 Å². The molecule has 1 unspecified atom stereocenters. The Labute approximate surface area is 197 Å². The van der Waals surface area contributed by atoms with Crippen LogP contribution in [0, 0.1) is 18.6 Å². The zero-order valence-electron chi connectivity index (χ0n) is 19.4. The maximum atomic E-state index is 14.1. The molecule has 6 heteroatoms. The first-order chi connectivity index (χ1) is 16.0. The molecule has 1 atom stereocenters. The first-order valence-corrected chi connectivity index (χ1v) is 10.9. The number of hydrogen-bond acceptors (Lipinski definition) is 3. The minimum Gasteiger partial charge on any atom is -0.507 e. The number of nitrogens with zero attached hydrogens (tertiary/aromatic N) is 1.